The number of hydrogen-bond acceptors (Lipinski definition) is 3. The molecule has 5 nitrogen and oxygen atoms in total. The van der Waals surface area contributed by atoms with Crippen LogP contribution in [0.25, 0.3) is 0 Å². The normalized spacial score (nSPS) is 18.0. The van der Waals surface area contributed by atoms with Gasteiger partial charge in [-0.2, -0.15) is 0 Å². The average molecular weight is 305 g/mol. The van der Waals surface area contributed by atoms with Crippen LogP contribution in [-0.2, 0) is 9.59 Å². The number of alkyl halides is 2. The highest BCUT2D eigenvalue weighted by Crippen LogP contribution is 2.19. The first-order chi connectivity index (χ1) is 9.76. The number of rotatable bonds is 7. The number of piperidine rings is 1. The standard InChI is InChI=1S/C14H25F2N3O2/c1-10(2)7-11(19-6-4-3-5-12(19)20)13(21)18-9-14(15,16)8-17/h10-11H,3-9,17H2,1-2H3,(H,18,21). The molecule has 0 saturated carbocycles. The molecule has 0 aromatic heterocycles. The van der Waals surface area contributed by atoms with Crippen LogP contribution in [0.2, 0.25) is 0 Å². The SMILES string of the molecule is CC(C)CC(C(=O)NCC(F)(F)CN)N1CCCCC1=O. The molecule has 0 aliphatic carbocycles. The molecule has 1 saturated heterocycles. The predicted molar refractivity (Wildman–Crippen MR) is 75.8 cm³/mol. The van der Waals surface area contributed by atoms with Crippen molar-refractivity contribution < 1.29 is 18.4 Å². The van der Waals surface area contributed by atoms with E-state index >= 15 is 0 Å². The fraction of sp³-hybridized carbons (Fsp3) is 0.857. The molecular formula is C14H25F2N3O2. The third-order valence-electron chi connectivity index (χ3n) is 3.55. The zero-order valence-corrected chi connectivity index (χ0v) is 12.7. The summed E-state index contributed by atoms with van der Waals surface area (Å²) in [6.07, 6.45) is 2.54. The van der Waals surface area contributed by atoms with Crippen molar-refractivity contribution in [3.63, 3.8) is 0 Å². The van der Waals surface area contributed by atoms with Gasteiger partial charge in [0.2, 0.25) is 11.8 Å². The number of likely N-dealkylation sites (tertiary alicyclic amines) is 1. The van der Waals surface area contributed by atoms with Crippen LogP contribution in [0.3, 0.4) is 0 Å². The van der Waals surface area contributed by atoms with Crippen LogP contribution < -0.4 is 11.1 Å². The Kier molecular flexibility index (Phi) is 6.51. The molecule has 0 bridgehead atoms. The average Bonchev–Trinajstić information content (AvgIpc) is 2.43. The highest BCUT2D eigenvalue weighted by Gasteiger charge is 2.34. The van der Waals surface area contributed by atoms with Crippen LogP contribution in [0.4, 0.5) is 8.78 Å². The van der Waals surface area contributed by atoms with E-state index in [2.05, 4.69) is 5.32 Å². The van der Waals surface area contributed by atoms with Crippen molar-refractivity contribution in [3.8, 4) is 0 Å². The Morgan fingerprint density at radius 1 is 1.43 bits per heavy atom. The van der Waals surface area contributed by atoms with Gasteiger partial charge < -0.3 is 16.0 Å². The maximum atomic E-state index is 13.1. The summed E-state index contributed by atoms with van der Waals surface area (Å²) < 4.78 is 26.3. The maximum Gasteiger partial charge on any atom is 0.277 e. The fourth-order valence-corrected chi connectivity index (χ4v) is 2.39. The van der Waals surface area contributed by atoms with Gasteiger partial charge >= 0.3 is 0 Å². The Morgan fingerprint density at radius 3 is 2.62 bits per heavy atom. The molecule has 1 unspecified atom stereocenters. The van der Waals surface area contributed by atoms with Crippen LogP contribution in [0.5, 0.6) is 0 Å². The quantitative estimate of drug-likeness (QED) is 0.740. The first-order valence-corrected chi connectivity index (χ1v) is 7.42. The van der Waals surface area contributed by atoms with E-state index in [0.717, 1.165) is 12.8 Å². The van der Waals surface area contributed by atoms with Crippen molar-refractivity contribution in [1.29, 1.82) is 0 Å². The summed E-state index contributed by atoms with van der Waals surface area (Å²) in [5.41, 5.74) is 4.95. The topological polar surface area (TPSA) is 75.4 Å². The number of nitrogens with zero attached hydrogens (tertiary/aromatic N) is 1. The number of nitrogens with two attached hydrogens (primary N) is 1. The number of nitrogens with one attached hydrogen (secondary N) is 1. The van der Waals surface area contributed by atoms with Crippen molar-refractivity contribution in [2.24, 2.45) is 11.7 Å². The molecule has 1 heterocycles. The molecule has 7 heteroatoms. The maximum absolute atomic E-state index is 13.1. The Bertz CT molecular complexity index is 375. The second-order valence-electron chi connectivity index (χ2n) is 5.97. The molecule has 122 valence electrons. The predicted octanol–water partition coefficient (Wildman–Crippen LogP) is 1.12. The van der Waals surface area contributed by atoms with Crippen molar-refractivity contribution in [2.75, 3.05) is 19.6 Å². The van der Waals surface area contributed by atoms with Crippen molar-refractivity contribution in [2.45, 2.75) is 51.5 Å². The molecule has 1 atom stereocenters. The van der Waals surface area contributed by atoms with E-state index < -0.39 is 31.0 Å². The van der Waals surface area contributed by atoms with E-state index in [9.17, 15) is 18.4 Å². The molecule has 0 radical (unpaired) electrons. The van der Waals surface area contributed by atoms with Gasteiger partial charge in [-0.15, -0.1) is 0 Å². The first kappa shape index (κ1) is 17.8. The number of carbonyl (C=O) groups excluding carboxylic acids is 2. The summed E-state index contributed by atoms with van der Waals surface area (Å²) in [5.74, 6) is -3.53. The Balaban J connectivity index is 2.72. The van der Waals surface area contributed by atoms with Crippen molar-refractivity contribution in [3.05, 3.63) is 0 Å². The minimum absolute atomic E-state index is 0.0763. The van der Waals surface area contributed by atoms with Crippen molar-refractivity contribution >= 4 is 11.8 Å². The van der Waals surface area contributed by atoms with E-state index in [0.29, 0.717) is 19.4 Å². The van der Waals surface area contributed by atoms with Crippen LogP contribution in [0, 0.1) is 5.92 Å². The monoisotopic (exact) mass is 305 g/mol. The number of halogens is 2. The number of amides is 2. The lowest BCUT2D eigenvalue weighted by molar-refractivity contribution is -0.143. The minimum Gasteiger partial charge on any atom is -0.348 e. The highest BCUT2D eigenvalue weighted by molar-refractivity contribution is 5.88. The van der Waals surface area contributed by atoms with Gasteiger partial charge in [0.1, 0.15) is 6.04 Å². The van der Waals surface area contributed by atoms with E-state index in [4.69, 9.17) is 5.73 Å². The Labute approximate surface area is 124 Å². The Hall–Kier alpha value is -1.24. The summed E-state index contributed by atoms with van der Waals surface area (Å²) in [6.45, 7) is 2.77. The summed E-state index contributed by atoms with van der Waals surface area (Å²) in [4.78, 5) is 25.7. The molecule has 3 N–H and O–H groups in total. The van der Waals surface area contributed by atoms with Crippen LogP contribution in [0.1, 0.15) is 39.5 Å². The Morgan fingerprint density at radius 2 is 2.10 bits per heavy atom. The molecule has 0 aromatic rings. The zero-order valence-electron chi connectivity index (χ0n) is 12.7. The molecular weight excluding hydrogens is 280 g/mol. The van der Waals surface area contributed by atoms with Gasteiger partial charge in [0.15, 0.2) is 0 Å². The summed E-state index contributed by atoms with van der Waals surface area (Å²) in [7, 11) is 0. The summed E-state index contributed by atoms with van der Waals surface area (Å²) in [6, 6.07) is -0.675. The van der Waals surface area contributed by atoms with Crippen LogP contribution in [0.15, 0.2) is 0 Å². The molecule has 0 spiro atoms. The zero-order chi connectivity index (χ0) is 16.0. The molecule has 2 amide bonds. The lowest BCUT2D eigenvalue weighted by Crippen LogP contribution is -2.53. The van der Waals surface area contributed by atoms with Gasteiger partial charge in [0.25, 0.3) is 5.92 Å². The molecule has 1 fully saturated rings. The van der Waals surface area contributed by atoms with Gasteiger partial charge in [0.05, 0.1) is 13.1 Å². The summed E-state index contributed by atoms with van der Waals surface area (Å²) in [5, 5.41) is 2.23. The molecule has 0 aromatic carbocycles. The van der Waals surface area contributed by atoms with E-state index in [-0.39, 0.29) is 11.8 Å². The van der Waals surface area contributed by atoms with E-state index in [1.54, 1.807) is 0 Å². The molecule has 1 aliphatic heterocycles. The van der Waals surface area contributed by atoms with Gasteiger partial charge in [0, 0.05) is 13.0 Å². The van der Waals surface area contributed by atoms with Crippen molar-refractivity contribution in [1.82, 2.24) is 10.2 Å². The first-order valence-electron chi connectivity index (χ1n) is 7.42. The lowest BCUT2D eigenvalue weighted by atomic mass is 9.98. The summed E-state index contributed by atoms with van der Waals surface area (Å²) >= 11 is 0. The largest absolute Gasteiger partial charge is 0.348 e. The second kappa shape index (κ2) is 7.68. The van der Waals surface area contributed by atoms with E-state index in [1.165, 1.54) is 4.90 Å². The van der Waals surface area contributed by atoms with Crippen LogP contribution >= 0.6 is 0 Å². The lowest BCUT2D eigenvalue weighted by Gasteiger charge is -2.35. The van der Waals surface area contributed by atoms with Crippen LogP contribution in [-0.4, -0.2) is 48.3 Å². The number of carbonyl (C=O) groups is 2. The van der Waals surface area contributed by atoms with Gasteiger partial charge in [-0.3, -0.25) is 9.59 Å². The number of hydrogen-bond donors (Lipinski definition) is 2. The smallest absolute Gasteiger partial charge is 0.277 e. The fourth-order valence-electron chi connectivity index (χ4n) is 2.39. The molecule has 21 heavy (non-hydrogen) atoms. The minimum atomic E-state index is -3.12. The molecule has 1 aliphatic rings. The van der Waals surface area contributed by atoms with Gasteiger partial charge in [-0.1, -0.05) is 13.8 Å². The van der Waals surface area contributed by atoms with E-state index in [1.807, 2.05) is 13.8 Å². The third-order valence-corrected chi connectivity index (χ3v) is 3.55. The van der Waals surface area contributed by atoms with Gasteiger partial charge in [-0.05, 0) is 25.2 Å². The highest BCUT2D eigenvalue weighted by atomic mass is 19.3. The van der Waals surface area contributed by atoms with Gasteiger partial charge in [-0.25, -0.2) is 8.78 Å². The molecule has 1 rings (SSSR count). The third kappa shape index (κ3) is 5.57. The second-order valence-corrected chi connectivity index (χ2v) is 5.97.